The number of methoxy groups -OCH3 is 2. The van der Waals surface area contributed by atoms with E-state index in [0.29, 0.717) is 47.6 Å². The summed E-state index contributed by atoms with van der Waals surface area (Å²) in [5.41, 5.74) is 3.40. The average Bonchev–Trinajstić information content (AvgIpc) is 3.70. The minimum Gasteiger partial charge on any atom is -0.497 e. The molecule has 3 aliphatic heterocycles. The second-order valence-corrected chi connectivity index (χ2v) is 12.7. The van der Waals surface area contributed by atoms with Gasteiger partial charge in [-0.3, -0.25) is 23.9 Å². The van der Waals surface area contributed by atoms with Crippen LogP contribution in [0.3, 0.4) is 0 Å². The zero-order chi connectivity index (χ0) is 32.1. The van der Waals surface area contributed by atoms with Crippen molar-refractivity contribution < 1.29 is 23.8 Å². The van der Waals surface area contributed by atoms with Crippen LogP contribution in [-0.4, -0.2) is 107 Å². The number of carbonyl (C=O) groups is 2. The van der Waals surface area contributed by atoms with Crippen LogP contribution in [0.15, 0.2) is 65.8 Å². The second kappa shape index (κ2) is 12.0. The maximum atomic E-state index is 13.8. The van der Waals surface area contributed by atoms with Crippen LogP contribution in [-0.2, 0) is 0 Å². The van der Waals surface area contributed by atoms with Crippen molar-refractivity contribution in [2.24, 2.45) is 4.99 Å². The Morgan fingerprint density at radius 1 is 0.915 bits per heavy atom. The quantitative estimate of drug-likeness (QED) is 0.290. The summed E-state index contributed by atoms with van der Waals surface area (Å²) in [5, 5.41) is 0. The minimum absolute atomic E-state index is 0.00459. The van der Waals surface area contributed by atoms with Crippen molar-refractivity contribution in [3.63, 3.8) is 0 Å². The third-order valence-corrected chi connectivity index (χ3v) is 10.0. The van der Waals surface area contributed by atoms with E-state index in [0.717, 1.165) is 68.0 Å². The van der Waals surface area contributed by atoms with E-state index in [1.807, 2.05) is 75.1 Å². The number of amides is 2. The largest absolute Gasteiger partial charge is 0.497 e. The number of hydrogen-bond donors (Lipinski definition) is 0. The van der Waals surface area contributed by atoms with Gasteiger partial charge in [0.25, 0.3) is 11.8 Å². The standard InChI is InChI=1S/C36H38N6O5/c1-45-26-10-8-23(9-11-26)34-38-33(30-7-3-4-12-42(30)34)36(44)40-16-14-39(15-17-40)25-18-27(19-25)47-32-21-29-28(20-31(32)46-2)35(43)41-13-5-6-24(41)22-37-29/h3-4,7-12,20-22,24-25,27H,5-6,13-19H2,1-2H3/t24-,25?,27?/m0/s1. The van der Waals surface area contributed by atoms with Crippen molar-refractivity contribution in [3.05, 3.63) is 72.1 Å². The minimum atomic E-state index is -0.0418. The highest BCUT2D eigenvalue weighted by atomic mass is 16.5. The van der Waals surface area contributed by atoms with E-state index in [9.17, 15) is 9.59 Å². The van der Waals surface area contributed by atoms with Crippen LogP contribution in [0.5, 0.6) is 17.2 Å². The number of aromatic nitrogens is 2. The fourth-order valence-corrected chi connectivity index (χ4v) is 7.29. The molecule has 2 aromatic heterocycles. The van der Waals surface area contributed by atoms with E-state index in [1.165, 1.54) is 0 Å². The van der Waals surface area contributed by atoms with E-state index in [1.54, 1.807) is 20.3 Å². The normalized spacial score (nSPS) is 22.4. The average molecular weight is 635 g/mol. The highest BCUT2D eigenvalue weighted by Crippen LogP contribution is 2.41. The van der Waals surface area contributed by atoms with Gasteiger partial charge in [-0.1, -0.05) is 6.07 Å². The van der Waals surface area contributed by atoms with Crippen LogP contribution in [0.1, 0.15) is 46.5 Å². The lowest BCUT2D eigenvalue weighted by Crippen LogP contribution is -2.57. The van der Waals surface area contributed by atoms with Gasteiger partial charge in [0.05, 0.1) is 37.0 Å². The molecule has 2 saturated heterocycles. The van der Waals surface area contributed by atoms with E-state index >= 15 is 0 Å². The predicted molar refractivity (Wildman–Crippen MR) is 177 cm³/mol. The molecule has 11 heteroatoms. The van der Waals surface area contributed by atoms with Crippen molar-refractivity contribution >= 4 is 29.2 Å². The molecule has 2 amide bonds. The molecule has 0 N–H and O–H groups in total. The summed E-state index contributed by atoms with van der Waals surface area (Å²) in [6.45, 7) is 3.65. The van der Waals surface area contributed by atoms with Crippen molar-refractivity contribution in [2.45, 2.75) is 43.9 Å². The van der Waals surface area contributed by atoms with Crippen LogP contribution in [0, 0.1) is 0 Å². The monoisotopic (exact) mass is 634 g/mol. The number of pyridine rings is 1. The Morgan fingerprint density at radius 3 is 2.49 bits per heavy atom. The summed E-state index contributed by atoms with van der Waals surface area (Å²) < 4.78 is 19.3. The Morgan fingerprint density at radius 2 is 1.72 bits per heavy atom. The first-order valence-electron chi connectivity index (χ1n) is 16.4. The maximum Gasteiger partial charge on any atom is 0.274 e. The second-order valence-electron chi connectivity index (χ2n) is 12.7. The van der Waals surface area contributed by atoms with Gasteiger partial charge in [-0.25, -0.2) is 4.98 Å². The lowest BCUT2D eigenvalue weighted by molar-refractivity contribution is -0.00481. The Bertz CT molecular complexity index is 1860. The van der Waals surface area contributed by atoms with Gasteiger partial charge in [0, 0.05) is 75.6 Å². The number of carbonyl (C=O) groups excluding carboxylic acids is 2. The lowest BCUT2D eigenvalue weighted by Gasteiger charge is -2.46. The van der Waals surface area contributed by atoms with Gasteiger partial charge in [-0.05, 0) is 55.3 Å². The van der Waals surface area contributed by atoms with Crippen LogP contribution < -0.4 is 14.2 Å². The van der Waals surface area contributed by atoms with Gasteiger partial charge in [0.15, 0.2) is 17.2 Å². The molecule has 0 radical (unpaired) electrons. The van der Waals surface area contributed by atoms with Gasteiger partial charge in [-0.2, -0.15) is 0 Å². The van der Waals surface area contributed by atoms with Gasteiger partial charge in [0.1, 0.15) is 17.7 Å². The molecule has 0 unspecified atom stereocenters. The fourth-order valence-electron chi connectivity index (χ4n) is 7.29. The van der Waals surface area contributed by atoms with E-state index < -0.39 is 0 Å². The Labute approximate surface area is 273 Å². The zero-order valence-corrected chi connectivity index (χ0v) is 26.7. The van der Waals surface area contributed by atoms with Gasteiger partial charge in [-0.15, -0.1) is 0 Å². The number of hydrogen-bond acceptors (Lipinski definition) is 8. The molecule has 242 valence electrons. The van der Waals surface area contributed by atoms with Crippen LogP contribution in [0.25, 0.3) is 16.9 Å². The number of fused-ring (bicyclic) bond motifs is 3. The highest BCUT2D eigenvalue weighted by Gasteiger charge is 2.39. The van der Waals surface area contributed by atoms with Crippen molar-refractivity contribution in [1.82, 2.24) is 24.1 Å². The van der Waals surface area contributed by atoms with Gasteiger partial charge >= 0.3 is 0 Å². The van der Waals surface area contributed by atoms with Crippen molar-refractivity contribution in [1.29, 1.82) is 0 Å². The number of piperazine rings is 1. The van der Waals surface area contributed by atoms with Crippen LogP contribution in [0.2, 0.25) is 0 Å². The van der Waals surface area contributed by atoms with E-state index in [2.05, 4.69) is 9.89 Å². The number of nitrogens with zero attached hydrogens (tertiary/aromatic N) is 6. The van der Waals surface area contributed by atoms with E-state index in [4.69, 9.17) is 19.2 Å². The molecule has 2 aromatic carbocycles. The van der Waals surface area contributed by atoms with Crippen molar-refractivity contribution in [3.8, 4) is 28.6 Å². The highest BCUT2D eigenvalue weighted by molar-refractivity contribution is 6.03. The Kier molecular flexibility index (Phi) is 7.55. The third-order valence-electron chi connectivity index (χ3n) is 10.0. The fraction of sp³-hybridized carbons (Fsp3) is 0.389. The first kappa shape index (κ1) is 29.5. The summed E-state index contributed by atoms with van der Waals surface area (Å²) in [5.74, 6) is 2.65. The molecule has 4 aromatic rings. The molecule has 0 bridgehead atoms. The number of aliphatic imine (C=N–C) groups is 1. The summed E-state index contributed by atoms with van der Waals surface area (Å²) in [6.07, 6.45) is 7.62. The molecular formula is C36H38N6O5. The summed E-state index contributed by atoms with van der Waals surface area (Å²) >= 11 is 0. The molecule has 5 heterocycles. The molecule has 1 atom stereocenters. The van der Waals surface area contributed by atoms with Gasteiger partial charge in [0.2, 0.25) is 0 Å². The van der Waals surface area contributed by atoms with Gasteiger partial charge < -0.3 is 24.0 Å². The summed E-state index contributed by atoms with van der Waals surface area (Å²) in [4.78, 5) is 42.8. The molecule has 11 nitrogen and oxygen atoms in total. The molecular weight excluding hydrogens is 596 g/mol. The predicted octanol–water partition coefficient (Wildman–Crippen LogP) is 4.71. The number of benzene rings is 2. The molecule has 0 spiro atoms. The van der Waals surface area contributed by atoms with Crippen molar-refractivity contribution in [2.75, 3.05) is 46.9 Å². The molecule has 1 saturated carbocycles. The summed E-state index contributed by atoms with van der Waals surface area (Å²) in [7, 11) is 3.25. The molecule has 4 aliphatic rings. The zero-order valence-electron chi connectivity index (χ0n) is 26.7. The number of ether oxygens (including phenoxy) is 3. The number of rotatable bonds is 7. The molecule has 3 fully saturated rings. The Balaban J connectivity index is 0.899. The SMILES string of the molecule is COc1ccc(-c2nc(C(=O)N3CCN(C4CC(Oc5cc6c(cc5OC)C(=O)N5CCC[C@H]5C=N6)C4)CC3)c3ccccn23)cc1. The first-order valence-corrected chi connectivity index (χ1v) is 16.4. The van der Waals surface area contributed by atoms with Crippen LogP contribution in [0.4, 0.5) is 5.69 Å². The Hall–Kier alpha value is -4.90. The number of imidazole rings is 1. The first-order chi connectivity index (χ1) is 23.0. The molecule has 47 heavy (non-hydrogen) atoms. The molecule has 8 rings (SSSR count). The maximum absolute atomic E-state index is 13.8. The summed E-state index contributed by atoms with van der Waals surface area (Å²) in [6, 6.07) is 17.6. The lowest BCUT2D eigenvalue weighted by atomic mass is 9.87. The third kappa shape index (κ3) is 5.28. The smallest absolute Gasteiger partial charge is 0.274 e. The topological polar surface area (TPSA) is 101 Å². The molecule has 1 aliphatic carbocycles. The van der Waals surface area contributed by atoms with Crippen LogP contribution >= 0.6 is 0 Å². The van der Waals surface area contributed by atoms with E-state index in [-0.39, 0.29) is 24.0 Å².